The van der Waals surface area contributed by atoms with E-state index in [1.165, 1.54) is 92.9 Å². The molecule has 0 aromatic rings. The summed E-state index contributed by atoms with van der Waals surface area (Å²) in [5.74, 6) is 0. The topological polar surface area (TPSA) is 12.5 Å². The van der Waals surface area contributed by atoms with Crippen LogP contribution in [-0.2, 0) is 4.74 Å². The molecule has 0 saturated carbocycles. The summed E-state index contributed by atoms with van der Waals surface area (Å²) in [6.45, 7) is 17.9. The molecule has 0 aromatic carbocycles. The van der Waals surface area contributed by atoms with Gasteiger partial charge in [-0.15, -0.1) is 0 Å². The smallest absolute Gasteiger partial charge is 0.0892 e. The summed E-state index contributed by atoms with van der Waals surface area (Å²) in [5, 5.41) is 0. The van der Waals surface area contributed by atoms with Crippen LogP contribution in [0, 0.1) is 0 Å². The molecule has 0 N–H and O–H groups in total. The van der Waals surface area contributed by atoms with Crippen LogP contribution in [0.4, 0.5) is 0 Å². The normalized spacial score (nSPS) is 19.3. The zero-order chi connectivity index (χ0) is 24.0. The van der Waals surface area contributed by atoms with E-state index in [2.05, 4.69) is 85.8 Å². The van der Waals surface area contributed by atoms with E-state index in [4.69, 9.17) is 4.74 Å². The van der Waals surface area contributed by atoms with Crippen LogP contribution in [0.5, 0.6) is 0 Å². The minimum atomic E-state index is 0.131. The van der Waals surface area contributed by atoms with E-state index >= 15 is 0 Å². The highest BCUT2D eigenvalue weighted by Gasteiger charge is 2.46. The van der Waals surface area contributed by atoms with Gasteiger partial charge in [0.2, 0.25) is 0 Å². The maximum absolute atomic E-state index is 5.72. The van der Waals surface area contributed by atoms with E-state index in [-0.39, 0.29) is 5.60 Å². The van der Waals surface area contributed by atoms with Crippen molar-refractivity contribution in [3.8, 4) is 0 Å². The summed E-state index contributed by atoms with van der Waals surface area (Å²) < 4.78 is 5.72. The summed E-state index contributed by atoms with van der Waals surface area (Å²) in [7, 11) is 0. The lowest BCUT2D eigenvalue weighted by atomic mass is 9.99. The van der Waals surface area contributed by atoms with Gasteiger partial charge in [-0.3, -0.25) is 0 Å². The first-order chi connectivity index (χ1) is 15.1. The Morgan fingerprint density at radius 2 is 1.09 bits per heavy atom. The molecule has 1 fully saturated rings. The molecule has 182 valence electrons. The third kappa shape index (κ3) is 13.9. The molecule has 0 spiro atoms. The van der Waals surface area contributed by atoms with Crippen molar-refractivity contribution in [3.05, 3.63) is 58.2 Å². The Balaban J connectivity index is 2.21. The van der Waals surface area contributed by atoms with Crippen molar-refractivity contribution in [2.24, 2.45) is 0 Å². The van der Waals surface area contributed by atoms with Gasteiger partial charge < -0.3 is 4.74 Å². The third-order valence-electron chi connectivity index (χ3n) is 6.59. The molecule has 0 aromatic heterocycles. The minimum Gasteiger partial charge on any atom is -0.367 e. The fourth-order valence-corrected chi connectivity index (χ4v) is 4.08. The largest absolute Gasteiger partial charge is 0.367 e. The number of epoxide rings is 1. The molecule has 1 aliphatic rings. The van der Waals surface area contributed by atoms with Crippen molar-refractivity contribution >= 4 is 0 Å². The maximum atomic E-state index is 5.72. The Hall–Kier alpha value is -1.34. The number of ether oxygens (including phenoxy) is 1. The van der Waals surface area contributed by atoms with Crippen LogP contribution in [0.25, 0.3) is 0 Å². The molecule has 0 amide bonds. The molecule has 1 saturated heterocycles. The average Bonchev–Trinajstić information content (AvgIpc) is 3.34. The average molecular weight is 441 g/mol. The van der Waals surface area contributed by atoms with Crippen molar-refractivity contribution < 1.29 is 4.74 Å². The number of allylic oxidation sites excluding steroid dienone is 10. The van der Waals surface area contributed by atoms with Crippen molar-refractivity contribution in [1.82, 2.24) is 0 Å². The first-order valence-electron chi connectivity index (χ1n) is 13.1. The van der Waals surface area contributed by atoms with Crippen LogP contribution in [0.2, 0.25) is 0 Å². The van der Waals surface area contributed by atoms with Crippen LogP contribution in [0.15, 0.2) is 58.2 Å². The molecule has 1 rings (SSSR count). The zero-order valence-corrected chi connectivity index (χ0v) is 22.7. The van der Waals surface area contributed by atoms with Gasteiger partial charge in [-0.1, -0.05) is 65.2 Å². The molecule has 1 nitrogen and oxygen atoms in total. The zero-order valence-electron chi connectivity index (χ0n) is 22.7. The molecule has 0 aliphatic carbocycles. The number of hydrogen-bond acceptors (Lipinski definition) is 1. The second-order valence-corrected chi connectivity index (χ2v) is 10.6. The number of unbranched alkanes of at least 4 members (excludes halogenated alkanes) is 1. The predicted molar refractivity (Wildman–Crippen MR) is 144 cm³/mol. The molecule has 0 radical (unpaired) electrons. The fourth-order valence-electron chi connectivity index (χ4n) is 4.08. The molecule has 0 bridgehead atoms. The molecule has 1 unspecified atom stereocenters. The minimum absolute atomic E-state index is 0.131. The Kier molecular flexibility index (Phi) is 13.9. The summed E-state index contributed by atoms with van der Waals surface area (Å²) in [5.41, 5.74) is 7.74. The molecular weight excluding hydrogens is 388 g/mol. The second kappa shape index (κ2) is 15.5. The van der Waals surface area contributed by atoms with Gasteiger partial charge in [0.25, 0.3) is 0 Å². The van der Waals surface area contributed by atoms with Crippen molar-refractivity contribution in [3.63, 3.8) is 0 Å². The highest BCUT2D eigenvalue weighted by Crippen LogP contribution is 2.39. The van der Waals surface area contributed by atoms with Crippen molar-refractivity contribution in [1.29, 1.82) is 0 Å². The molecule has 32 heavy (non-hydrogen) atoms. The van der Waals surface area contributed by atoms with Crippen LogP contribution < -0.4 is 0 Å². The monoisotopic (exact) mass is 440 g/mol. The highest BCUT2D eigenvalue weighted by molar-refractivity contribution is 5.09. The predicted octanol–water partition coefficient (Wildman–Crippen LogP) is 10.2. The van der Waals surface area contributed by atoms with E-state index < -0.39 is 0 Å². The molecule has 1 heteroatoms. The molecule has 1 aliphatic heterocycles. The van der Waals surface area contributed by atoms with Gasteiger partial charge in [0.15, 0.2) is 0 Å². The van der Waals surface area contributed by atoms with E-state index in [0.717, 1.165) is 0 Å². The van der Waals surface area contributed by atoms with E-state index in [9.17, 15) is 0 Å². The van der Waals surface area contributed by atoms with Crippen LogP contribution in [-0.4, -0.2) is 11.7 Å². The lowest BCUT2D eigenvalue weighted by Gasteiger charge is -2.05. The van der Waals surface area contributed by atoms with E-state index in [1.807, 2.05) is 0 Å². The van der Waals surface area contributed by atoms with Gasteiger partial charge >= 0.3 is 0 Å². The molecular formula is C31H52O. The van der Waals surface area contributed by atoms with E-state index in [1.54, 1.807) is 5.57 Å². The second-order valence-electron chi connectivity index (χ2n) is 10.6. The summed E-state index contributed by atoms with van der Waals surface area (Å²) in [4.78, 5) is 0. The summed E-state index contributed by atoms with van der Waals surface area (Å²) in [6, 6.07) is 0. The quantitative estimate of drug-likeness (QED) is 0.132. The Morgan fingerprint density at radius 1 is 0.656 bits per heavy atom. The lowest BCUT2D eigenvalue weighted by Crippen LogP contribution is -2.02. The maximum Gasteiger partial charge on any atom is 0.0892 e. The van der Waals surface area contributed by atoms with Gasteiger partial charge in [0.05, 0.1) is 11.7 Å². The molecule has 1 heterocycles. The first kappa shape index (κ1) is 28.7. The third-order valence-corrected chi connectivity index (χ3v) is 6.59. The van der Waals surface area contributed by atoms with Crippen LogP contribution in [0.3, 0.4) is 0 Å². The Morgan fingerprint density at radius 3 is 1.53 bits per heavy atom. The fraction of sp³-hybridized carbons (Fsp3) is 0.677. The first-order valence-corrected chi connectivity index (χ1v) is 13.1. The van der Waals surface area contributed by atoms with Gasteiger partial charge in [-0.05, 0) is 119 Å². The van der Waals surface area contributed by atoms with Gasteiger partial charge in [-0.2, -0.15) is 0 Å². The van der Waals surface area contributed by atoms with Gasteiger partial charge in [0.1, 0.15) is 0 Å². The van der Waals surface area contributed by atoms with Crippen molar-refractivity contribution in [2.45, 2.75) is 138 Å². The van der Waals surface area contributed by atoms with Crippen LogP contribution >= 0.6 is 0 Å². The molecule has 1 atom stereocenters. The van der Waals surface area contributed by atoms with Crippen molar-refractivity contribution in [2.75, 3.05) is 0 Å². The Bertz CT molecular complexity index is 692. The number of hydrogen-bond donors (Lipinski definition) is 0. The standard InChI is InChI=1S/C31H52O/c1-9-29(23-24-30-31(7,8)32-30)22-14-21-27(5)17-11-10-16-26(4)19-13-20-28(6)18-12-15-25(2)3/h15-17,20,22,30H,9-14,18-19,21,23-24H2,1-8H3/b26-16+,27-17+,28-20+,29-22+. The Labute approximate surface area is 200 Å². The van der Waals surface area contributed by atoms with Gasteiger partial charge in [-0.25, -0.2) is 0 Å². The SMILES string of the molecule is CC/C(=C\CC/C(C)=C/CC/C=C(\C)CC/C=C(\C)CCC=C(C)C)CCC1OC1(C)C. The summed E-state index contributed by atoms with van der Waals surface area (Å²) in [6.07, 6.45) is 25.6. The highest BCUT2D eigenvalue weighted by atomic mass is 16.6. The number of rotatable bonds is 16. The lowest BCUT2D eigenvalue weighted by molar-refractivity contribution is 0.320. The summed E-state index contributed by atoms with van der Waals surface area (Å²) >= 11 is 0. The van der Waals surface area contributed by atoms with Gasteiger partial charge in [0, 0.05) is 0 Å². The van der Waals surface area contributed by atoms with E-state index in [0.29, 0.717) is 6.10 Å². The van der Waals surface area contributed by atoms with Crippen LogP contribution in [0.1, 0.15) is 126 Å².